The fourth-order valence-corrected chi connectivity index (χ4v) is 2.06. The molecule has 0 saturated heterocycles. The van der Waals surface area contributed by atoms with E-state index < -0.39 is 5.97 Å². The van der Waals surface area contributed by atoms with Crippen LogP contribution in [0, 0.1) is 0 Å². The quantitative estimate of drug-likeness (QED) is 0.790. The second-order valence-electron chi connectivity index (χ2n) is 4.25. The number of nitrogens with zero attached hydrogens (tertiary/aromatic N) is 3. The lowest BCUT2D eigenvalue weighted by Gasteiger charge is -2.07. The summed E-state index contributed by atoms with van der Waals surface area (Å²) >= 11 is 0. The van der Waals surface area contributed by atoms with Gasteiger partial charge in [0, 0.05) is 0 Å². The SMILES string of the molecule is O=C(O)c1ccccc1-c1ccc(-n2ccnn2)cc1. The summed E-state index contributed by atoms with van der Waals surface area (Å²) in [5.74, 6) is -0.930. The maximum atomic E-state index is 11.2. The van der Waals surface area contributed by atoms with Crippen LogP contribution in [0.25, 0.3) is 16.8 Å². The van der Waals surface area contributed by atoms with Gasteiger partial charge in [0.1, 0.15) is 0 Å². The van der Waals surface area contributed by atoms with E-state index >= 15 is 0 Å². The van der Waals surface area contributed by atoms with Crippen LogP contribution in [0.1, 0.15) is 10.4 Å². The van der Waals surface area contributed by atoms with Gasteiger partial charge in [-0.05, 0) is 29.3 Å². The highest BCUT2D eigenvalue weighted by molar-refractivity contribution is 5.96. The Kier molecular flexibility index (Phi) is 3.01. The van der Waals surface area contributed by atoms with E-state index in [0.717, 1.165) is 11.3 Å². The molecule has 0 fully saturated rings. The molecule has 0 aliphatic rings. The van der Waals surface area contributed by atoms with Gasteiger partial charge >= 0.3 is 5.97 Å². The molecule has 0 unspecified atom stereocenters. The third-order valence-corrected chi connectivity index (χ3v) is 3.02. The molecule has 0 spiro atoms. The van der Waals surface area contributed by atoms with Gasteiger partial charge in [0.25, 0.3) is 0 Å². The largest absolute Gasteiger partial charge is 0.478 e. The van der Waals surface area contributed by atoms with Gasteiger partial charge in [0.15, 0.2) is 0 Å². The number of carboxylic acid groups (broad SMARTS) is 1. The third kappa shape index (κ3) is 2.16. The smallest absolute Gasteiger partial charge is 0.336 e. The first-order valence-corrected chi connectivity index (χ1v) is 6.05. The van der Waals surface area contributed by atoms with E-state index in [-0.39, 0.29) is 0 Å². The Labute approximate surface area is 115 Å². The average molecular weight is 265 g/mol. The second-order valence-corrected chi connectivity index (χ2v) is 4.25. The summed E-state index contributed by atoms with van der Waals surface area (Å²) in [4.78, 5) is 11.2. The maximum absolute atomic E-state index is 11.2. The van der Waals surface area contributed by atoms with Crippen molar-refractivity contribution in [3.63, 3.8) is 0 Å². The van der Waals surface area contributed by atoms with Gasteiger partial charge < -0.3 is 5.11 Å². The molecule has 5 heteroatoms. The predicted octanol–water partition coefficient (Wildman–Crippen LogP) is 2.63. The Morgan fingerprint density at radius 1 is 1.05 bits per heavy atom. The number of aromatic nitrogens is 3. The minimum atomic E-state index is -0.930. The standard InChI is InChI=1S/C15H11N3O2/c19-15(20)14-4-2-1-3-13(14)11-5-7-12(8-6-11)18-10-9-16-17-18/h1-10H,(H,19,20). The van der Waals surface area contributed by atoms with E-state index in [2.05, 4.69) is 10.3 Å². The Morgan fingerprint density at radius 2 is 1.80 bits per heavy atom. The summed E-state index contributed by atoms with van der Waals surface area (Å²) in [6.07, 6.45) is 3.36. The number of rotatable bonds is 3. The van der Waals surface area contributed by atoms with Crippen molar-refractivity contribution in [3.8, 4) is 16.8 Å². The van der Waals surface area contributed by atoms with Gasteiger partial charge in [-0.25, -0.2) is 9.48 Å². The van der Waals surface area contributed by atoms with Crippen LogP contribution in [-0.4, -0.2) is 26.1 Å². The molecule has 0 radical (unpaired) electrons. The van der Waals surface area contributed by atoms with Crippen molar-refractivity contribution in [1.29, 1.82) is 0 Å². The lowest BCUT2D eigenvalue weighted by atomic mass is 9.99. The van der Waals surface area contributed by atoms with Crippen LogP contribution in [0.5, 0.6) is 0 Å². The summed E-state index contributed by atoms with van der Waals surface area (Å²) in [6.45, 7) is 0. The van der Waals surface area contributed by atoms with Crippen LogP contribution in [0.15, 0.2) is 60.9 Å². The molecule has 0 aliphatic carbocycles. The van der Waals surface area contributed by atoms with Crippen molar-refractivity contribution in [1.82, 2.24) is 15.0 Å². The Balaban J connectivity index is 2.02. The Hall–Kier alpha value is -2.95. The molecule has 3 aromatic rings. The first-order valence-electron chi connectivity index (χ1n) is 6.05. The number of benzene rings is 2. The number of hydrogen-bond donors (Lipinski definition) is 1. The zero-order valence-electron chi connectivity index (χ0n) is 10.5. The molecule has 3 rings (SSSR count). The van der Waals surface area contributed by atoms with E-state index in [9.17, 15) is 9.90 Å². The summed E-state index contributed by atoms with van der Waals surface area (Å²) < 4.78 is 1.65. The molecule has 1 N–H and O–H groups in total. The van der Waals surface area contributed by atoms with Crippen LogP contribution in [0.3, 0.4) is 0 Å². The molecule has 5 nitrogen and oxygen atoms in total. The number of carboxylic acids is 1. The molecule has 0 saturated carbocycles. The lowest BCUT2D eigenvalue weighted by Crippen LogP contribution is -1.99. The fraction of sp³-hybridized carbons (Fsp3) is 0. The Morgan fingerprint density at radius 3 is 2.45 bits per heavy atom. The van der Waals surface area contributed by atoms with Gasteiger partial charge in [-0.15, -0.1) is 5.10 Å². The highest BCUT2D eigenvalue weighted by atomic mass is 16.4. The van der Waals surface area contributed by atoms with Gasteiger partial charge in [-0.2, -0.15) is 0 Å². The molecule has 0 atom stereocenters. The normalized spacial score (nSPS) is 10.4. The highest BCUT2D eigenvalue weighted by Gasteiger charge is 2.10. The summed E-state index contributed by atoms with van der Waals surface area (Å²) in [5.41, 5.74) is 2.72. The van der Waals surface area contributed by atoms with Crippen LogP contribution in [0.4, 0.5) is 0 Å². The first-order chi connectivity index (χ1) is 9.75. The summed E-state index contributed by atoms with van der Waals surface area (Å²) in [5, 5.41) is 16.9. The van der Waals surface area contributed by atoms with Crippen molar-refractivity contribution in [2.24, 2.45) is 0 Å². The van der Waals surface area contributed by atoms with E-state index in [0.29, 0.717) is 11.1 Å². The summed E-state index contributed by atoms with van der Waals surface area (Å²) in [7, 11) is 0. The van der Waals surface area contributed by atoms with Gasteiger partial charge in [0.2, 0.25) is 0 Å². The predicted molar refractivity (Wildman–Crippen MR) is 73.8 cm³/mol. The average Bonchev–Trinajstić information content (AvgIpc) is 3.02. The molecule has 0 bridgehead atoms. The van der Waals surface area contributed by atoms with Crippen molar-refractivity contribution >= 4 is 5.97 Å². The number of aromatic carboxylic acids is 1. The zero-order valence-corrected chi connectivity index (χ0v) is 10.5. The first kappa shape index (κ1) is 12.1. The highest BCUT2D eigenvalue weighted by Crippen LogP contribution is 2.24. The van der Waals surface area contributed by atoms with Crippen molar-refractivity contribution in [2.75, 3.05) is 0 Å². The van der Waals surface area contributed by atoms with Crippen molar-refractivity contribution < 1.29 is 9.90 Å². The Bertz CT molecular complexity index is 734. The van der Waals surface area contributed by atoms with E-state index in [1.165, 1.54) is 0 Å². The summed E-state index contributed by atoms with van der Waals surface area (Å²) in [6, 6.07) is 14.4. The number of carbonyl (C=O) groups is 1. The minimum Gasteiger partial charge on any atom is -0.478 e. The van der Waals surface area contributed by atoms with Crippen LogP contribution >= 0.6 is 0 Å². The molecule has 0 amide bonds. The van der Waals surface area contributed by atoms with Crippen LogP contribution < -0.4 is 0 Å². The fourth-order valence-electron chi connectivity index (χ4n) is 2.06. The molecule has 1 heterocycles. The second kappa shape index (κ2) is 4.97. The van der Waals surface area contributed by atoms with Gasteiger partial charge in [-0.3, -0.25) is 0 Å². The zero-order chi connectivity index (χ0) is 13.9. The van der Waals surface area contributed by atoms with Crippen LogP contribution in [0.2, 0.25) is 0 Å². The molecular formula is C15H11N3O2. The van der Waals surface area contributed by atoms with Crippen molar-refractivity contribution in [3.05, 3.63) is 66.5 Å². The molecule has 1 aromatic heterocycles. The molecule has 2 aromatic carbocycles. The molecule has 0 aliphatic heterocycles. The van der Waals surface area contributed by atoms with E-state index in [4.69, 9.17) is 0 Å². The van der Waals surface area contributed by atoms with Crippen molar-refractivity contribution in [2.45, 2.75) is 0 Å². The molecular weight excluding hydrogens is 254 g/mol. The van der Waals surface area contributed by atoms with E-state index in [1.807, 2.05) is 30.3 Å². The topological polar surface area (TPSA) is 68.0 Å². The number of hydrogen-bond acceptors (Lipinski definition) is 3. The van der Waals surface area contributed by atoms with Gasteiger partial charge in [-0.1, -0.05) is 35.5 Å². The molecule has 98 valence electrons. The molecule has 20 heavy (non-hydrogen) atoms. The monoisotopic (exact) mass is 265 g/mol. The van der Waals surface area contributed by atoms with Crippen LogP contribution in [-0.2, 0) is 0 Å². The minimum absolute atomic E-state index is 0.293. The lowest BCUT2D eigenvalue weighted by molar-refractivity contribution is 0.0697. The third-order valence-electron chi connectivity index (χ3n) is 3.02. The van der Waals surface area contributed by atoms with Gasteiger partial charge in [0.05, 0.1) is 23.6 Å². The maximum Gasteiger partial charge on any atom is 0.336 e. The van der Waals surface area contributed by atoms with E-state index in [1.54, 1.807) is 35.3 Å².